The fourth-order valence-electron chi connectivity index (χ4n) is 4.15. The molecule has 1 unspecified atom stereocenters. The van der Waals surface area contributed by atoms with Gasteiger partial charge in [-0.25, -0.2) is 8.42 Å². The van der Waals surface area contributed by atoms with Crippen molar-refractivity contribution in [1.29, 1.82) is 0 Å². The number of methoxy groups -OCH3 is 1. The highest BCUT2D eigenvalue weighted by molar-refractivity contribution is 7.92. The Morgan fingerprint density at radius 2 is 1.74 bits per heavy atom. The van der Waals surface area contributed by atoms with Gasteiger partial charge in [0.05, 0.1) is 29.8 Å². The van der Waals surface area contributed by atoms with Gasteiger partial charge in [0.25, 0.3) is 15.9 Å². The minimum Gasteiger partial charge on any atom is -0.493 e. The molecule has 0 bridgehead atoms. The molecule has 0 saturated heterocycles. The number of para-hydroxylation sites is 1. The Hall–Kier alpha value is -3.52. The maximum Gasteiger partial charge on any atom is 0.264 e. The lowest BCUT2D eigenvalue weighted by Gasteiger charge is -2.20. The van der Waals surface area contributed by atoms with Crippen molar-refractivity contribution in [3.8, 4) is 11.5 Å². The van der Waals surface area contributed by atoms with Crippen molar-refractivity contribution in [2.45, 2.75) is 44.2 Å². The highest BCUT2D eigenvalue weighted by Crippen LogP contribution is 2.33. The van der Waals surface area contributed by atoms with E-state index in [-0.39, 0.29) is 28.5 Å². The van der Waals surface area contributed by atoms with E-state index in [0.29, 0.717) is 30.2 Å². The van der Waals surface area contributed by atoms with Crippen LogP contribution in [-0.4, -0.2) is 34.1 Å². The molecule has 1 aliphatic rings. The molecule has 1 amide bonds. The summed E-state index contributed by atoms with van der Waals surface area (Å²) in [5, 5.41) is 2.94. The topological polar surface area (TPSA) is 84.9 Å². The molecule has 1 aliphatic heterocycles. The van der Waals surface area contributed by atoms with Crippen LogP contribution < -0.4 is 19.1 Å². The van der Waals surface area contributed by atoms with Gasteiger partial charge in [0.1, 0.15) is 0 Å². The number of carbonyl (C=O) groups is 1. The number of benzene rings is 3. The van der Waals surface area contributed by atoms with Gasteiger partial charge < -0.3 is 14.8 Å². The number of nitrogens with zero attached hydrogens (tertiary/aromatic N) is 1. The minimum atomic E-state index is -3.79. The molecule has 1 N–H and O–H groups in total. The molecule has 7 nitrogen and oxygen atoms in total. The molecule has 184 valence electrons. The molecule has 4 rings (SSSR count). The first-order valence-corrected chi connectivity index (χ1v) is 13.0. The summed E-state index contributed by atoms with van der Waals surface area (Å²) in [5.41, 5.74) is 2.80. The number of nitrogens with one attached hydrogen (secondary N) is 1. The number of amides is 1. The van der Waals surface area contributed by atoms with Crippen LogP contribution in [0, 0.1) is 0 Å². The normalized spacial score (nSPS) is 13.9. The summed E-state index contributed by atoms with van der Waals surface area (Å²) in [5.74, 6) is 0.848. The second-order valence-electron chi connectivity index (χ2n) is 8.76. The lowest BCUT2D eigenvalue weighted by Crippen LogP contribution is -2.30. The quantitative estimate of drug-likeness (QED) is 0.490. The molecule has 3 aromatic carbocycles. The number of anilines is 1. The van der Waals surface area contributed by atoms with E-state index in [1.807, 2.05) is 63.2 Å². The number of fused-ring (bicyclic) bond motifs is 1. The molecule has 0 spiro atoms. The molecule has 0 saturated carbocycles. The van der Waals surface area contributed by atoms with Gasteiger partial charge in [-0.2, -0.15) is 0 Å². The number of hydrogen-bond donors (Lipinski definition) is 1. The highest BCUT2D eigenvalue weighted by Gasteiger charge is 2.31. The van der Waals surface area contributed by atoms with Crippen molar-refractivity contribution in [2.75, 3.05) is 18.0 Å². The van der Waals surface area contributed by atoms with Crippen molar-refractivity contribution in [3.05, 3.63) is 83.4 Å². The molecule has 0 aromatic heterocycles. The molecule has 1 heterocycles. The largest absolute Gasteiger partial charge is 0.493 e. The third kappa shape index (κ3) is 5.12. The zero-order valence-corrected chi connectivity index (χ0v) is 21.1. The summed E-state index contributed by atoms with van der Waals surface area (Å²) >= 11 is 0. The highest BCUT2D eigenvalue weighted by atomic mass is 32.2. The Morgan fingerprint density at radius 1 is 0.971 bits per heavy atom. The average molecular weight is 495 g/mol. The Labute approximate surface area is 206 Å². The first-order chi connectivity index (χ1) is 16.7. The molecule has 35 heavy (non-hydrogen) atoms. The van der Waals surface area contributed by atoms with Gasteiger partial charge >= 0.3 is 0 Å². The van der Waals surface area contributed by atoms with Crippen LogP contribution in [0.2, 0.25) is 0 Å². The van der Waals surface area contributed by atoms with Crippen molar-refractivity contribution < 1.29 is 22.7 Å². The first-order valence-electron chi connectivity index (χ1n) is 11.6. The molecular formula is C27H30N2O5S. The van der Waals surface area contributed by atoms with Crippen LogP contribution in [0.4, 0.5) is 5.69 Å². The smallest absolute Gasteiger partial charge is 0.264 e. The number of carbonyl (C=O) groups excluding carboxylic acids is 1. The molecule has 3 aromatic rings. The summed E-state index contributed by atoms with van der Waals surface area (Å²) in [6, 6.07) is 18.8. The van der Waals surface area contributed by atoms with Gasteiger partial charge in [0, 0.05) is 12.1 Å². The zero-order valence-electron chi connectivity index (χ0n) is 20.3. The summed E-state index contributed by atoms with van der Waals surface area (Å²) < 4.78 is 39.3. The van der Waals surface area contributed by atoms with E-state index in [1.54, 1.807) is 19.2 Å². The van der Waals surface area contributed by atoms with Gasteiger partial charge in [0.2, 0.25) is 0 Å². The summed E-state index contributed by atoms with van der Waals surface area (Å²) in [6.07, 6.45) is 0.668. The van der Waals surface area contributed by atoms with E-state index in [2.05, 4.69) is 5.32 Å². The van der Waals surface area contributed by atoms with E-state index in [0.717, 1.165) is 11.1 Å². The zero-order chi connectivity index (χ0) is 25.2. The number of sulfonamides is 1. The van der Waals surface area contributed by atoms with Crippen LogP contribution >= 0.6 is 0 Å². The third-order valence-corrected chi connectivity index (χ3v) is 7.74. The average Bonchev–Trinajstić information content (AvgIpc) is 3.29. The SMILES string of the molecule is COc1cc(C(C)NC(=O)c2cccc(S(=O)(=O)N3CCc4ccccc43)c2)ccc1OC(C)C. The fourth-order valence-corrected chi connectivity index (χ4v) is 5.70. The predicted octanol–water partition coefficient (Wildman–Crippen LogP) is 4.72. The van der Waals surface area contributed by atoms with E-state index < -0.39 is 10.0 Å². The summed E-state index contributed by atoms with van der Waals surface area (Å²) in [4.78, 5) is 13.1. The Morgan fingerprint density at radius 3 is 2.49 bits per heavy atom. The Bertz CT molecular complexity index is 1340. The predicted molar refractivity (Wildman–Crippen MR) is 136 cm³/mol. The Balaban J connectivity index is 1.53. The molecule has 0 radical (unpaired) electrons. The van der Waals surface area contributed by atoms with Gasteiger partial charge in [-0.05, 0) is 74.7 Å². The molecular weight excluding hydrogens is 464 g/mol. The van der Waals surface area contributed by atoms with Crippen molar-refractivity contribution in [1.82, 2.24) is 5.32 Å². The van der Waals surface area contributed by atoms with E-state index in [9.17, 15) is 13.2 Å². The van der Waals surface area contributed by atoms with Gasteiger partial charge in [-0.15, -0.1) is 0 Å². The lowest BCUT2D eigenvalue weighted by atomic mass is 10.1. The maximum atomic E-state index is 13.4. The summed E-state index contributed by atoms with van der Waals surface area (Å²) in [6.45, 7) is 6.12. The maximum absolute atomic E-state index is 13.4. The van der Waals surface area contributed by atoms with Crippen LogP contribution in [0.1, 0.15) is 48.3 Å². The molecule has 1 atom stereocenters. The Kier molecular flexibility index (Phi) is 7.03. The van der Waals surface area contributed by atoms with E-state index in [1.165, 1.54) is 16.4 Å². The van der Waals surface area contributed by atoms with Crippen LogP contribution in [0.3, 0.4) is 0 Å². The first kappa shape index (κ1) is 24.6. The molecule has 0 aliphatic carbocycles. The van der Waals surface area contributed by atoms with Gasteiger partial charge in [-0.1, -0.05) is 30.3 Å². The van der Waals surface area contributed by atoms with E-state index >= 15 is 0 Å². The van der Waals surface area contributed by atoms with Crippen LogP contribution in [0.15, 0.2) is 71.6 Å². The standard InChI is InChI=1S/C27H30N2O5S/c1-18(2)34-25-13-12-21(17-26(25)33-4)19(3)28-27(30)22-9-7-10-23(16-22)35(31,32)29-15-14-20-8-5-6-11-24(20)29/h5-13,16-19H,14-15H2,1-4H3,(H,28,30). The fraction of sp³-hybridized carbons (Fsp3) is 0.296. The van der Waals surface area contributed by atoms with Crippen LogP contribution in [-0.2, 0) is 16.4 Å². The number of hydrogen-bond acceptors (Lipinski definition) is 5. The monoisotopic (exact) mass is 494 g/mol. The third-order valence-electron chi connectivity index (χ3n) is 5.93. The second kappa shape index (κ2) is 10.00. The van der Waals surface area contributed by atoms with Crippen molar-refractivity contribution >= 4 is 21.6 Å². The second-order valence-corrected chi connectivity index (χ2v) is 10.6. The summed E-state index contributed by atoms with van der Waals surface area (Å²) in [7, 11) is -2.22. The van der Waals surface area contributed by atoms with Crippen LogP contribution in [0.25, 0.3) is 0 Å². The number of rotatable bonds is 8. The van der Waals surface area contributed by atoms with E-state index in [4.69, 9.17) is 9.47 Å². The van der Waals surface area contributed by atoms with Crippen LogP contribution in [0.5, 0.6) is 11.5 Å². The lowest BCUT2D eigenvalue weighted by molar-refractivity contribution is 0.0939. The van der Waals surface area contributed by atoms with Gasteiger partial charge in [0.15, 0.2) is 11.5 Å². The minimum absolute atomic E-state index is 0.00414. The van der Waals surface area contributed by atoms with Gasteiger partial charge in [-0.3, -0.25) is 9.10 Å². The van der Waals surface area contributed by atoms with Crippen molar-refractivity contribution in [2.24, 2.45) is 0 Å². The van der Waals surface area contributed by atoms with Crippen molar-refractivity contribution in [3.63, 3.8) is 0 Å². The molecule has 8 heteroatoms. The molecule has 0 fully saturated rings. The number of ether oxygens (including phenoxy) is 2.